The van der Waals surface area contributed by atoms with Crippen molar-refractivity contribution in [2.75, 3.05) is 0 Å². The van der Waals surface area contributed by atoms with Crippen LogP contribution in [0.15, 0.2) is 60.7 Å². The van der Waals surface area contributed by atoms with Crippen molar-refractivity contribution < 1.29 is 4.43 Å². The van der Waals surface area contributed by atoms with Crippen molar-refractivity contribution in [3.63, 3.8) is 0 Å². The molecule has 2 heteroatoms. The van der Waals surface area contributed by atoms with E-state index in [0.29, 0.717) is 21.8 Å². The van der Waals surface area contributed by atoms with Crippen LogP contribution in [0.5, 0.6) is 0 Å². The average Bonchev–Trinajstić information content (AvgIpc) is 2.45. The molecule has 2 rings (SSSR count). The van der Waals surface area contributed by atoms with Crippen LogP contribution in [0.25, 0.3) is 0 Å². The summed E-state index contributed by atoms with van der Waals surface area (Å²) < 4.78 is 5.74. The molecule has 0 aromatic heterocycles. The molecule has 0 fully saturated rings. The van der Waals surface area contributed by atoms with Gasteiger partial charge in [-0.3, -0.25) is 0 Å². The minimum atomic E-state index is 0.311. The first-order valence-corrected chi connectivity index (χ1v) is 7.87. The molecule has 0 bridgehead atoms. The van der Waals surface area contributed by atoms with Gasteiger partial charge in [-0.25, -0.2) is 0 Å². The first kappa shape index (κ1) is 14.0. The molecule has 0 saturated heterocycles. The molecule has 2 aromatic rings. The smallest absolute Gasteiger partial charge is 0.230 e. The Balaban J connectivity index is 2.14. The first-order chi connectivity index (χ1) is 9.27. The van der Waals surface area contributed by atoms with Crippen LogP contribution >= 0.6 is 0 Å². The summed E-state index contributed by atoms with van der Waals surface area (Å²) >= 11 is 0. The Hall–Kier alpha value is -1.38. The third-order valence-electron chi connectivity index (χ3n) is 3.01. The Bertz CT molecular complexity index is 428. The van der Waals surface area contributed by atoms with Gasteiger partial charge < -0.3 is 4.43 Å². The predicted octanol–water partition coefficient (Wildman–Crippen LogP) is 4.28. The first-order valence-electron chi connectivity index (χ1n) is 6.76. The molecule has 0 heterocycles. The quantitative estimate of drug-likeness (QED) is 0.710. The van der Waals surface area contributed by atoms with Gasteiger partial charge in [-0.15, -0.1) is 0 Å². The van der Waals surface area contributed by atoms with E-state index < -0.39 is 0 Å². The lowest BCUT2D eigenvalue weighted by Crippen LogP contribution is -2.11. The third kappa shape index (κ3) is 4.34. The maximum Gasteiger partial charge on any atom is 0.230 e. The van der Waals surface area contributed by atoms with E-state index in [2.05, 4.69) is 74.5 Å². The van der Waals surface area contributed by atoms with Gasteiger partial charge in [0.25, 0.3) is 0 Å². The van der Waals surface area contributed by atoms with E-state index >= 15 is 0 Å². The van der Waals surface area contributed by atoms with Crippen molar-refractivity contribution in [3.05, 3.63) is 71.8 Å². The standard InChI is InChI=1S/C17H20OSi/c1-14(2)18-19-13-17(15-9-5-3-6-10-15)16-11-7-4-8-12-16/h3-12,14,17H,13H2,1-2H3. The Morgan fingerprint density at radius 1 is 0.842 bits per heavy atom. The van der Waals surface area contributed by atoms with Gasteiger partial charge in [0.2, 0.25) is 9.76 Å². The van der Waals surface area contributed by atoms with Crippen molar-refractivity contribution in [1.29, 1.82) is 0 Å². The molecule has 19 heavy (non-hydrogen) atoms. The molecule has 0 N–H and O–H groups in total. The molecule has 2 aromatic carbocycles. The van der Waals surface area contributed by atoms with Crippen molar-refractivity contribution in [2.45, 2.75) is 31.9 Å². The van der Waals surface area contributed by atoms with Crippen molar-refractivity contribution >= 4 is 9.76 Å². The Morgan fingerprint density at radius 2 is 1.32 bits per heavy atom. The van der Waals surface area contributed by atoms with E-state index in [-0.39, 0.29) is 0 Å². The minimum Gasteiger partial charge on any atom is -0.415 e. The SMILES string of the molecule is CC(C)O[Si]CC(c1ccccc1)c1ccccc1. The summed E-state index contributed by atoms with van der Waals surface area (Å²) in [5, 5.41) is 0. The van der Waals surface area contributed by atoms with Crippen molar-refractivity contribution in [2.24, 2.45) is 0 Å². The summed E-state index contributed by atoms with van der Waals surface area (Å²) in [7, 11) is 0.544. The van der Waals surface area contributed by atoms with Crippen LogP contribution in [0.3, 0.4) is 0 Å². The average molecular weight is 268 g/mol. The minimum absolute atomic E-state index is 0.311. The zero-order valence-electron chi connectivity index (χ0n) is 11.5. The molecule has 2 radical (unpaired) electrons. The zero-order chi connectivity index (χ0) is 13.5. The van der Waals surface area contributed by atoms with Crippen LogP contribution in [0.1, 0.15) is 30.9 Å². The summed E-state index contributed by atoms with van der Waals surface area (Å²) in [5.41, 5.74) is 2.74. The van der Waals surface area contributed by atoms with Crippen LogP contribution in [-0.2, 0) is 4.43 Å². The summed E-state index contributed by atoms with van der Waals surface area (Å²) in [6.45, 7) is 4.18. The summed E-state index contributed by atoms with van der Waals surface area (Å²) in [6, 6.07) is 22.4. The highest BCUT2D eigenvalue weighted by atomic mass is 28.2. The van der Waals surface area contributed by atoms with Crippen LogP contribution < -0.4 is 0 Å². The zero-order valence-corrected chi connectivity index (χ0v) is 12.5. The van der Waals surface area contributed by atoms with Gasteiger partial charge >= 0.3 is 0 Å². The van der Waals surface area contributed by atoms with E-state index in [1.54, 1.807) is 0 Å². The van der Waals surface area contributed by atoms with Crippen LogP contribution in [0, 0.1) is 0 Å². The molecule has 0 unspecified atom stereocenters. The van der Waals surface area contributed by atoms with E-state index in [4.69, 9.17) is 4.43 Å². The molecule has 0 amide bonds. The second kappa shape index (κ2) is 7.27. The number of benzene rings is 2. The van der Waals surface area contributed by atoms with E-state index in [9.17, 15) is 0 Å². The lowest BCUT2D eigenvalue weighted by atomic mass is 9.93. The van der Waals surface area contributed by atoms with Gasteiger partial charge in [0, 0.05) is 12.0 Å². The summed E-state index contributed by atoms with van der Waals surface area (Å²) in [6.07, 6.45) is 0.311. The van der Waals surface area contributed by atoms with E-state index in [1.165, 1.54) is 11.1 Å². The molecule has 0 aliphatic rings. The molecule has 1 nitrogen and oxygen atoms in total. The molecular formula is C17H20OSi. The van der Waals surface area contributed by atoms with Gasteiger partial charge in [-0.1, -0.05) is 60.7 Å². The van der Waals surface area contributed by atoms with Crippen LogP contribution in [-0.4, -0.2) is 15.9 Å². The maximum atomic E-state index is 5.74. The van der Waals surface area contributed by atoms with Crippen molar-refractivity contribution in [1.82, 2.24) is 0 Å². The van der Waals surface area contributed by atoms with Gasteiger partial charge in [0.05, 0.1) is 0 Å². The molecule has 0 atom stereocenters. The van der Waals surface area contributed by atoms with E-state index in [0.717, 1.165) is 6.04 Å². The highest BCUT2D eigenvalue weighted by Crippen LogP contribution is 2.28. The molecule has 98 valence electrons. The highest BCUT2D eigenvalue weighted by molar-refractivity contribution is 6.27. The Kier molecular flexibility index (Phi) is 5.37. The summed E-state index contributed by atoms with van der Waals surface area (Å²) in [5.74, 6) is 0.430. The Labute approximate surface area is 118 Å². The fraction of sp³-hybridized carbons (Fsp3) is 0.294. The topological polar surface area (TPSA) is 9.23 Å². The van der Waals surface area contributed by atoms with Gasteiger partial charge in [-0.05, 0) is 31.0 Å². The number of hydrogen-bond acceptors (Lipinski definition) is 1. The predicted molar refractivity (Wildman–Crippen MR) is 81.5 cm³/mol. The lowest BCUT2D eigenvalue weighted by molar-refractivity contribution is 0.254. The Morgan fingerprint density at radius 3 is 1.74 bits per heavy atom. The summed E-state index contributed by atoms with van der Waals surface area (Å²) in [4.78, 5) is 0. The normalized spacial score (nSPS) is 11.2. The third-order valence-corrected chi connectivity index (χ3v) is 4.22. The van der Waals surface area contributed by atoms with Crippen molar-refractivity contribution in [3.8, 4) is 0 Å². The lowest BCUT2D eigenvalue weighted by Gasteiger charge is -2.18. The monoisotopic (exact) mass is 268 g/mol. The largest absolute Gasteiger partial charge is 0.415 e. The molecule has 0 aliphatic heterocycles. The highest BCUT2D eigenvalue weighted by Gasteiger charge is 2.14. The fourth-order valence-electron chi connectivity index (χ4n) is 2.10. The van der Waals surface area contributed by atoms with Gasteiger partial charge in [-0.2, -0.15) is 0 Å². The van der Waals surface area contributed by atoms with Gasteiger partial charge in [0.15, 0.2) is 0 Å². The second-order valence-corrected chi connectivity index (χ2v) is 5.82. The molecule has 0 saturated carbocycles. The number of hydrogen-bond donors (Lipinski definition) is 0. The van der Waals surface area contributed by atoms with Gasteiger partial charge in [0.1, 0.15) is 0 Å². The van der Waals surface area contributed by atoms with E-state index in [1.807, 2.05) is 0 Å². The van der Waals surface area contributed by atoms with Crippen LogP contribution in [0.2, 0.25) is 6.04 Å². The molecule has 0 aliphatic carbocycles. The molecular weight excluding hydrogens is 248 g/mol. The number of rotatable bonds is 6. The maximum absolute atomic E-state index is 5.74. The second-order valence-electron chi connectivity index (χ2n) is 4.89. The molecule has 0 spiro atoms. The van der Waals surface area contributed by atoms with Crippen LogP contribution in [0.4, 0.5) is 0 Å². The fourth-order valence-corrected chi connectivity index (χ4v) is 3.16.